The monoisotopic (exact) mass is 433 g/mol. The van der Waals surface area contributed by atoms with Crippen molar-refractivity contribution in [2.24, 2.45) is 28.8 Å². The Hall–Kier alpha value is -1.26. The summed E-state index contributed by atoms with van der Waals surface area (Å²) in [5, 5.41) is 67.0. The van der Waals surface area contributed by atoms with E-state index in [1.165, 1.54) is 27.7 Å². The van der Waals surface area contributed by atoms with E-state index in [2.05, 4.69) is 5.16 Å². The summed E-state index contributed by atoms with van der Waals surface area (Å²) in [6, 6.07) is 0. The van der Waals surface area contributed by atoms with Crippen LogP contribution in [0.5, 0.6) is 0 Å². The van der Waals surface area contributed by atoms with Crippen molar-refractivity contribution in [3.63, 3.8) is 0 Å². The number of carbonyl (C=O) groups is 1. The second kappa shape index (κ2) is 9.91. The Bertz CT molecular complexity index is 620. The number of hydrogen-bond donors (Lipinski definition) is 6. The summed E-state index contributed by atoms with van der Waals surface area (Å²) in [6.07, 6.45) is -5.11. The Labute approximate surface area is 178 Å². The van der Waals surface area contributed by atoms with Crippen molar-refractivity contribution in [1.82, 2.24) is 0 Å². The van der Waals surface area contributed by atoms with Crippen molar-refractivity contribution >= 4 is 11.7 Å². The quantitative estimate of drug-likeness (QED) is 0.200. The number of cyclic esters (lactones) is 1. The minimum Gasteiger partial charge on any atom is -0.459 e. The molecule has 30 heavy (non-hydrogen) atoms. The molecule has 1 heterocycles. The molecule has 6 N–H and O–H groups in total. The first-order chi connectivity index (χ1) is 13.6. The van der Waals surface area contributed by atoms with Gasteiger partial charge < -0.3 is 35.5 Å². The topological polar surface area (TPSA) is 160 Å². The molecule has 1 fully saturated rings. The van der Waals surface area contributed by atoms with Crippen molar-refractivity contribution in [2.75, 3.05) is 0 Å². The van der Waals surface area contributed by atoms with E-state index in [-0.39, 0.29) is 18.6 Å². The lowest BCUT2D eigenvalue weighted by Crippen LogP contribution is -2.57. The lowest BCUT2D eigenvalue weighted by molar-refractivity contribution is -0.191. The molecule has 9 heteroatoms. The third kappa shape index (κ3) is 5.31. The predicted octanol–water partition coefficient (Wildman–Crippen LogP) is 0.671. The van der Waals surface area contributed by atoms with Gasteiger partial charge >= 0.3 is 5.97 Å². The average molecular weight is 434 g/mol. The van der Waals surface area contributed by atoms with E-state index in [1.54, 1.807) is 20.8 Å². The van der Waals surface area contributed by atoms with Gasteiger partial charge in [0.05, 0.1) is 35.5 Å². The van der Waals surface area contributed by atoms with Crippen LogP contribution in [0, 0.1) is 23.7 Å². The molecule has 1 saturated heterocycles. The van der Waals surface area contributed by atoms with Crippen LogP contribution < -0.4 is 0 Å². The molecule has 9 nitrogen and oxygen atoms in total. The molecular formula is C21H39NO8. The summed E-state index contributed by atoms with van der Waals surface area (Å²) in [5.74, 6) is -4.14. The molecule has 1 rings (SSSR count). The summed E-state index contributed by atoms with van der Waals surface area (Å²) in [7, 11) is 0. The Morgan fingerprint density at radius 3 is 2.03 bits per heavy atom. The Morgan fingerprint density at radius 1 is 1.03 bits per heavy atom. The molecule has 0 aromatic heterocycles. The summed E-state index contributed by atoms with van der Waals surface area (Å²) < 4.78 is 5.44. The lowest BCUT2D eigenvalue weighted by Gasteiger charge is -2.42. The molecule has 1 aliphatic rings. The third-order valence-corrected chi connectivity index (χ3v) is 6.72. The molecule has 0 radical (unpaired) electrons. The molecule has 0 aromatic carbocycles. The van der Waals surface area contributed by atoms with Crippen LogP contribution in [0.1, 0.15) is 61.3 Å². The number of nitrogens with zero attached hydrogens (tertiary/aromatic N) is 1. The van der Waals surface area contributed by atoms with Gasteiger partial charge in [-0.1, -0.05) is 32.9 Å². The van der Waals surface area contributed by atoms with E-state index in [1.807, 2.05) is 0 Å². The SMILES string of the molecule is CC[C@@H]1OC(=O)[C@H](C)[C@H](O)[C@H](C)[C@H](O)[C@](C)(O)C[C@H](C)/C(=N/O)[C@H](C)[C@H](O)[C@@]1(C)O. The van der Waals surface area contributed by atoms with E-state index < -0.39 is 65.3 Å². The Balaban J connectivity index is 3.50. The molecular weight excluding hydrogens is 394 g/mol. The molecule has 0 aliphatic carbocycles. The number of aliphatic hydroxyl groups excluding tert-OH is 3. The number of esters is 1. The van der Waals surface area contributed by atoms with Crippen LogP contribution in [0.2, 0.25) is 0 Å². The van der Waals surface area contributed by atoms with Crippen molar-refractivity contribution in [2.45, 2.75) is 96.9 Å². The second-order valence-corrected chi connectivity index (χ2v) is 9.36. The number of oxime groups is 1. The van der Waals surface area contributed by atoms with E-state index >= 15 is 0 Å². The van der Waals surface area contributed by atoms with Gasteiger partial charge in [0.15, 0.2) is 0 Å². The number of aliphatic hydroxyl groups is 5. The van der Waals surface area contributed by atoms with Gasteiger partial charge in [-0.25, -0.2) is 0 Å². The second-order valence-electron chi connectivity index (χ2n) is 9.36. The number of ether oxygens (including phenoxy) is 1. The Kier molecular flexibility index (Phi) is 8.84. The summed E-state index contributed by atoms with van der Waals surface area (Å²) in [4.78, 5) is 12.6. The van der Waals surface area contributed by atoms with E-state index in [9.17, 15) is 35.5 Å². The summed E-state index contributed by atoms with van der Waals surface area (Å²) in [5.41, 5.74) is -3.44. The fourth-order valence-corrected chi connectivity index (χ4v) is 4.55. The first-order valence-electron chi connectivity index (χ1n) is 10.5. The highest BCUT2D eigenvalue weighted by Crippen LogP contribution is 2.34. The minimum atomic E-state index is -1.87. The molecule has 10 atom stereocenters. The van der Waals surface area contributed by atoms with Crippen LogP contribution in [0.3, 0.4) is 0 Å². The van der Waals surface area contributed by atoms with Gasteiger partial charge in [-0.15, -0.1) is 0 Å². The average Bonchev–Trinajstić information content (AvgIpc) is 2.67. The standard InChI is InChI=1S/C21H39NO8/c1-8-14-21(7,28)18(25)11(3)15(22-29)10(2)9-20(6,27)17(24)12(4)16(23)13(5)19(26)30-14/h10-14,16-18,23-25,27-29H,8-9H2,1-7H3/b22-15-/t10-,11-,12-,13+,14-,16+,17-,18-,20+,21-/m0/s1. The van der Waals surface area contributed by atoms with Crippen molar-refractivity contribution in [3.05, 3.63) is 0 Å². The van der Waals surface area contributed by atoms with Gasteiger partial charge in [0.1, 0.15) is 11.7 Å². The number of carbonyl (C=O) groups excluding carboxylic acids is 1. The van der Waals surface area contributed by atoms with Gasteiger partial charge in [0.2, 0.25) is 0 Å². The highest BCUT2D eigenvalue weighted by atomic mass is 16.6. The van der Waals surface area contributed by atoms with E-state index in [0.29, 0.717) is 0 Å². The smallest absolute Gasteiger partial charge is 0.311 e. The van der Waals surface area contributed by atoms with Crippen LogP contribution in [0.4, 0.5) is 0 Å². The lowest BCUT2D eigenvalue weighted by atomic mass is 9.74. The molecule has 176 valence electrons. The van der Waals surface area contributed by atoms with Gasteiger partial charge in [-0.2, -0.15) is 0 Å². The fourth-order valence-electron chi connectivity index (χ4n) is 4.55. The first kappa shape index (κ1) is 26.8. The minimum absolute atomic E-state index is 0.0418. The van der Waals surface area contributed by atoms with Crippen LogP contribution in [-0.2, 0) is 9.53 Å². The van der Waals surface area contributed by atoms with Crippen LogP contribution in [0.15, 0.2) is 5.16 Å². The maximum atomic E-state index is 12.6. The zero-order chi connectivity index (χ0) is 23.6. The molecule has 0 aromatic rings. The molecule has 0 saturated carbocycles. The third-order valence-electron chi connectivity index (χ3n) is 6.72. The maximum absolute atomic E-state index is 12.6. The highest BCUT2D eigenvalue weighted by Gasteiger charge is 2.48. The van der Waals surface area contributed by atoms with Gasteiger partial charge in [0, 0.05) is 17.8 Å². The molecule has 1 aliphatic heterocycles. The normalized spacial score (nSPS) is 48.8. The molecule has 0 unspecified atom stereocenters. The highest BCUT2D eigenvalue weighted by molar-refractivity contribution is 5.88. The van der Waals surface area contributed by atoms with Crippen LogP contribution in [-0.4, -0.2) is 78.0 Å². The zero-order valence-electron chi connectivity index (χ0n) is 19.0. The van der Waals surface area contributed by atoms with Crippen LogP contribution in [0.25, 0.3) is 0 Å². The first-order valence-corrected chi connectivity index (χ1v) is 10.5. The van der Waals surface area contributed by atoms with Gasteiger partial charge in [-0.3, -0.25) is 4.79 Å². The maximum Gasteiger partial charge on any atom is 0.311 e. The van der Waals surface area contributed by atoms with Crippen molar-refractivity contribution < 1.29 is 40.3 Å². The van der Waals surface area contributed by atoms with Crippen molar-refractivity contribution in [1.29, 1.82) is 0 Å². The van der Waals surface area contributed by atoms with E-state index in [4.69, 9.17) is 4.74 Å². The molecule has 0 bridgehead atoms. The Morgan fingerprint density at radius 2 is 1.57 bits per heavy atom. The van der Waals surface area contributed by atoms with E-state index in [0.717, 1.165) is 0 Å². The number of hydrogen-bond acceptors (Lipinski definition) is 9. The van der Waals surface area contributed by atoms with Gasteiger partial charge in [-0.05, 0) is 33.6 Å². The fraction of sp³-hybridized carbons (Fsp3) is 0.905. The van der Waals surface area contributed by atoms with Crippen molar-refractivity contribution in [3.8, 4) is 0 Å². The molecule has 0 spiro atoms. The zero-order valence-corrected chi connectivity index (χ0v) is 19.0. The predicted molar refractivity (Wildman–Crippen MR) is 110 cm³/mol. The summed E-state index contributed by atoms with van der Waals surface area (Å²) >= 11 is 0. The molecule has 0 amide bonds. The summed E-state index contributed by atoms with van der Waals surface area (Å²) in [6.45, 7) is 10.6. The number of rotatable bonds is 1. The van der Waals surface area contributed by atoms with Gasteiger partial charge in [0.25, 0.3) is 0 Å². The van der Waals surface area contributed by atoms with Crippen LogP contribution >= 0.6 is 0 Å². The largest absolute Gasteiger partial charge is 0.459 e.